The number of hydrogen-bond donors (Lipinski definition) is 2. The summed E-state index contributed by atoms with van der Waals surface area (Å²) >= 11 is 0. The lowest BCUT2D eigenvalue weighted by molar-refractivity contribution is -0.126. The van der Waals surface area contributed by atoms with E-state index in [1.165, 1.54) is 0 Å². The van der Waals surface area contributed by atoms with Gasteiger partial charge in [0.2, 0.25) is 5.90 Å². The van der Waals surface area contributed by atoms with E-state index in [2.05, 4.69) is 15.3 Å². The molecule has 0 bridgehead atoms. The van der Waals surface area contributed by atoms with Gasteiger partial charge in [0, 0.05) is 42.0 Å². The van der Waals surface area contributed by atoms with E-state index in [4.69, 9.17) is 29.8 Å². The third-order valence-electron chi connectivity index (χ3n) is 6.40. The number of carbonyl (C=O) groups excluding carboxylic acids is 1. The van der Waals surface area contributed by atoms with E-state index < -0.39 is 5.54 Å². The molecule has 3 aromatic carbocycles. The topological polar surface area (TPSA) is 138 Å². The largest absolute Gasteiger partial charge is 0.496 e. The predicted molar refractivity (Wildman–Crippen MR) is 147 cm³/mol. The average Bonchev–Trinajstić information content (AvgIpc) is 3.41. The molecular formula is C29H31N5O5. The summed E-state index contributed by atoms with van der Waals surface area (Å²) in [6.45, 7) is 0.953. The van der Waals surface area contributed by atoms with Gasteiger partial charge in [-0.1, -0.05) is 47.6 Å². The third-order valence-corrected chi connectivity index (χ3v) is 6.40. The van der Waals surface area contributed by atoms with Gasteiger partial charge in [0.25, 0.3) is 5.91 Å². The van der Waals surface area contributed by atoms with E-state index in [0.29, 0.717) is 36.0 Å². The van der Waals surface area contributed by atoms with Crippen LogP contribution in [0.4, 0.5) is 0 Å². The summed E-state index contributed by atoms with van der Waals surface area (Å²) in [6.07, 6.45) is 0.805. The Morgan fingerprint density at radius 3 is 2.54 bits per heavy atom. The average molecular weight is 530 g/mol. The summed E-state index contributed by atoms with van der Waals surface area (Å²) in [5.41, 5.74) is 10.8. The van der Waals surface area contributed by atoms with Crippen molar-refractivity contribution in [3.8, 4) is 11.5 Å². The van der Waals surface area contributed by atoms with Crippen molar-refractivity contribution in [1.82, 2.24) is 5.32 Å². The van der Waals surface area contributed by atoms with Crippen LogP contribution in [0.1, 0.15) is 28.7 Å². The molecule has 1 aliphatic rings. The van der Waals surface area contributed by atoms with Crippen LogP contribution in [0, 0.1) is 0 Å². The maximum Gasteiger partial charge on any atom is 0.252 e. The Morgan fingerprint density at radius 1 is 1.10 bits per heavy atom. The molecule has 0 saturated carbocycles. The first-order valence-corrected chi connectivity index (χ1v) is 12.6. The smallest absolute Gasteiger partial charge is 0.252 e. The summed E-state index contributed by atoms with van der Waals surface area (Å²) in [4.78, 5) is 21.5. The molecule has 0 saturated heterocycles. The van der Waals surface area contributed by atoms with Gasteiger partial charge < -0.3 is 24.6 Å². The van der Waals surface area contributed by atoms with Gasteiger partial charge in [-0.25, -0.2) is 4.99 Å². The first-order chi connectivity index (χ1) is 19.1. The van der Waals surface area contributed by atoms with Crippen LogP contribution >= 0.6 is 0 Å². The maximum atomic E-state index is 13.8. The number of carbonyl (C=O) groups is 1. The van der Waals surface area contributed by atoms with E-state index in [9.17, 15) is 4.79 Å². The molecule has 0 radical (unpaired) electrons. The number of aliphatic hydroxyl groups is 1. The number of methoxy groups -OCH3 is 1. The first kappa shape index (κ1) is 27.5. The lowest BCUT2D eigenvalue weighted by Crippen LogP contribution is -2.48. The lowest BCUT2D eigenvalue weighted by Gasteiger charge is -2.24. The fourth-order valence-corrected chi connectivity index (χ4v) is 4.33. The fraction of sp³-hybridized carbons (Fsp3) is 0.310. The Bertz CT molecular complexity index is 1350. The standard InChI is InChI=1S/C29H31N5O5/c1-37-26-10-5-4-9-24(26)18-31-28(36)29(17-22-7-2-3-8-23(22)19-32-34-30)20-39-27(33-29)21-11-13-25(14-12-21)38-16-6-15-35/h2-5,7-14,35H,6,15-20H2,1H3,(H,31,36)/t29-/m1/s1. The molecular weight excluding hydrogens is 498 g/mol. The van der Waals surface area contributed by atoms with Crippen molar-refractivity contribution in [2.24, 2.45) is 10.1 Å². The Labute approximate surface area is 226 Å². The van der Waals surface area contributed by atoms with Crippen molar-refractivity contribution in [2.45, 2.75) is 31.5 Å². The molecule has 10 nitrogen and oxygen atoms in total. The predicted octanol–water partition coefficient (Wildman–Crippen LogP) is 4.34. The van der Waals surface area contributed by atoms with Gasteiger partial charge in [-0.05, 0) is 47.0 Å². The molecule has 3 aromatic rings. The highest BCUT2D eigenvalue weighted by Crippen LogP contribution is 2.29. The van der Waals surface area contributed by atoms with Gasteiger partial charge in [0.05, 0.1) is 20.3 Å². The summed E-state index contributed by atoms with van der Waals surface area (Å²) in [5.74, 6) is 1.42. The Kier molecular flexibility index (Phi) is 9.39. The van der Waals surface area contributed by atoms with Crippen molar-refractivity contribution >= 4 is 11.8 Å². The molecule has 202 valence electrons. The molecule has 2 N–H and O–H groups in total. The molecule has 0 aromatic heterocycles. The molecule has 1 amide bonds. The monoisotopic (exact) mass is 529 g/mol. The second-order valence-electron chi connectivity index (χ2n) is 9.02. The van der Waals surface area contributed by atoms with Gasteiger partial charge in [-0.15, -0.1) is 0 Å². The zero-order valence-electron chi connectivity index (χ0n) is 21.7. The number of nitrogens with zero attached hydrogens (tertiary/aromatic N) is 4. The number of nitrogens with one attached hydrogen (secondary N) is 1. The highest BCUT2D eigenvalue weighted by molar-refractivity contribution is 6.00. The van der Waals surface area contributed by atoms with Gasteiger partial charge in [-0.3, -0.25) is 4.79 Å². The van der Waals surface area contributed by atoms with Gasteiger partial charge in [-0.2, -0.15) is 0 Å². The van der Waals surface area contributed by atoms with E-state index in [0.717, 1.165) is 16.7 Å². The Balaban J connectivity index is 1.62. The van der Waals surface area contributed by atoms with Crippen LogP contribution < -0.4 is 14.8 Å². The fourth-order valence-electron chi connectivity index (χ4n) is 4.33. The second kappa shape index (κ2) is 13.3. The van der Waals surface area contributed by atoms with Crippen LogP contribution in [-0.4, -0.2) is 49.4 Å². The van der Waals surface area contributed by atoms with Crippen molar-refractivity contribution < 1.29 is 24.1 Å². The quantitative estimate of drug-likeness (QED) is 0.147. The molecule has 1 atom stereocenters. The number of amides is 1. The number of aliphatic imine (C=N–C) groups is 1. The molecule has 0 aliphatic carbocycles. The molecule has 10 heteroatoms. The number of rotatable bonds is 13. The van der Waals surface area contributed by atoms with Gasteiger partial charge in [0.1, 0.15) is 18.1 Å². The molecule has 39 heavy (non-hydrogen) atoms. The second-order valence-corrected chi connectivity index (χ2v) is 9.02. The highest BCUT2D eigenvalue weighted by Gasteiger charge is 2.44. The molecule has 4 rings (SSSR count). The number of hydrogen-bond acceptors (Lipinski definition) is 7. The first-order valence-electron chi connectivity index (χ1n) is 12.6. The van der Waals surface area contributed by atoms with Crippen molar-refractivity contribution in [3.63, 3.8) is 0 Å². The molecule has 1 heterocycles. The van der Waals surface area contributed by atoms with Crippen LogP contribution in [0.2, 0.25) is 0 Å². The van der Waals surface area contributed by atoms with Gasteiger partial charge in [0.15, 0.2) is 5.54 Å². The number of benzene rings is 3. The Hall–Kier alpha value is -4.53. The van der Waals surface area contributed by atoms with Crippen LogP contribution in [-0.2, 0) is 29.0 Å². The molecule has 1 aliphatic heterocycles. The molecule has 0 spiro atoms. The normalized spacial score (nSPS) is 16.0. The van der Waals surface area contributed by atoms with E-state index in [1.54, 1.807) is 19.2 Å². The maximum absolute atomic E-state index is 13.8. The van der Waals surface area contributed by atoms with E-state index in [-0.39, 0.29) is 38.6 Å². The number of para-hydroxylation sites is 1. The zero-order valence-corrected chi connectivity index (χ0v) is 21.7. The highest BCUT2D eigenvalue weighted by atomic mass is 16.5. The summed E-state index contributed by atoms with van der Waals surface area (Å²) in [7, 11) is 1.59. The molecule has 0 unspecified atom stereocenters. The summed E-state index contributed by atoms with van der Waals surface area (Å²) in [5, 5.41) is 15.7. The molecule has 0 fully saturated rings. The summed E-state index contributed by atoms with van der Waals surface area (Å²) < 4.78 is 17.1. The van der Waals surface area contributed by atoms with Crippen LogP contribution in [0.3, 0.4) is 0 Å². The minimum atomic E-state index is -1.24. The number of ether oxygens (including phenoxy) is 3. The van der Waals surface area contributed by atoms with Crippen LogP contribution in [0.15, 0.2) is 82.9 Å². The number of aliphatic hydroxyl groups excluding tert-OH is 1. The van der Waals surface area contributed by atoms with Crippen LogP contribution in [0.5, 0.6) is 11.5 Å². The zero-order chi connectivity index (χ0) is 27.5. The summed E-state index contributed by atoms with van der Waals surface area (Å²) in [6, 6.07) is 22.3. The SMILES string of the molecule is COc1ccccc1CNC(=O)[C@@]1(Cc2ccccc2CN=[N+]=[N-])COC(c2ccc(OCCCO)cc2)=N1. The Morgan fingerprint density at radius 2 is 1.82 bits per heavy atom. The van der Waals surface area contributed by atoms with E-state index >= 15 is 0 Å². The lowest BCUT2D eigenvalue weighted by atomic mass is 9.89. The van der Waals surface area contributed by atoms with Crippen molar-refractivity contribution in [3.05, 3.63) is 105 Å². The van der Waals surface area contributed by atoms with Crippen LogP contribution in [0.25, 0.3) is 10.4 Å². The van der Waals surface area contributed by atoms with Gasteiger partial charge >= 0.3 is 0 Å². The van der Waals surface area contributed by atoms with Crippen molar-refractivity contribution in [1.29, 1.82) is 0 Å². The van der Waals surface area contributed by atoms with Crippen molar-refractivity contribution in [2.75, 3.05) is 26.9 Å². The number of azide groups is 1. The third kappa shape index (κ3) is 6.87. The minimum absolute atomic E-state index is 0.0463. The minimum Gasteiger partial charge on any atom is -0.496 e. The van der Waals surface area contributed by atoms with E-state index in [1.807, 2.05) is 60.7 Å².